The lowest BCUT2D eigenvalue weighted by Gasteiger charge is -2.08. The molecule has 1 aromatic rings. The largest absolute Gasteiger partial charge is 0.465 e. The van der Waals surface area contributed by atoms with Crippen LogP contribution in [0.25, 0.3) is 6.08 Å². The molecular weight excluding hydrogens is 266 g/mol. The quantitative estimate of drug-likeness (QED) is 0.431. The zero-order chi connectivity index (χ0) is 13.7. The molecule has 6 nitrogen and oxygen atoms in total. The third-order valence-electron chi connectivity index (χ3n) is 2.43. The highest BCUT2D eigenvalue weighted by Crippen LogP contribution is 2.28. The van der Waals surface area contributed by atoms with Crippen molar-refractivity contribution in [2.75, 3.05) is 0 Å². The van der Waals surface area contributed by atoms with Gasteiger partial charge in [0, 0.05) is 12.0 Å². The number of furan rings is 1. The van der Waals surface area contributed by atoms with E-state index in [0.717, 1.165) is 12.8 Å². The van der Waals surface area contributed by atoms with Crippen molar-refractivity contribution in [2.45, 2.75) is 12.8 Å². The van der Waals surface area contributed by atoms with Crippen LogP contribution in [-0.2, 0) is 9.59 Å². The van der Waals surface area contributed by atoms with Crippen molar-refractivity contribution >= 4 is 35.2 Å². The van der Waals surface area contributed by atoms with E-state index in [-0.39, 0.29) is 16.9 Å². The Morgan fingerprint density at radius 1 is 1.37 bits per heavy atom. The summed E-state index contributed by atoms with van der Waals surface area (Å²) in [5, 5.41) is 2.44. The van der Waals surface area contributed by atoms with E-state index in [2.05, 4.69) is 16.2 Å². The average Bonchev–Trinajstić information content (AvgIpc) is 3.11. The van der Waals surface area contributed by atoms with Gasteiger partial charge in [0.2, 0.25) is 11.8 Å². The van der Waals surface area contributed by atoms with Gasteiger partial charge >= 0.3 is 0 Å². The summed E-state index contributed by atoms with van der Waals surface area (Å²) in [5.74, 6) is 0.123. The fourth-order valence-corrected chi connectivity index (χ4v) is 1.45. The molecule has 0 aromatic carbocycles. The predicted octanol–water partition coefficient (Wildman–Crippen LogP) is 0.725. The summed E-state index contributed by atoms with van der Waals surface area (Å²) in [6.07, 6.45) is 6.12. The van der Waals surface area contributed by atoms with E-state index in [1.54, 1.807) is 12.1 Å². The normalized spacial score (nSPS) is 14.1. The fraction of sp³-hybridized carbons (Fsp3) is 0.250. The van der Waals surface area contributed by atoms with Crippen LogP contribution < -0.4 is 16.2 Å². The van der Waals surface area contributed by atoms with E-state index in [1.807, 2.05) is 0 Å². The Bertz CT molecular complexity index is 506. The van der Waals surface area contributed by atoms with Gasteiger partial charge in [-0.1, -0.05) is 0 Å². The first kappa shape index (κ1) is 13.3. The van der Waals surface area contributed by atoms with Crippen molar-refractivity contribution in [1.82, 2.24) is 16.2 Å². The Balaban J connectivity index is 1.69. The van der Waals surface area contributed by atoms with Crippen molar-refractivity contribution < 1.29 is 14.0 Å². The van der Waals surface area contributed by atoms with Crippen LogP contribution in [0.2, 0.25) is 0 Å². The summed E-state index contributed by atoms with van der Waals surface area (Å²) in [6.45, 7) is 0. The minimum atomic E-state index is -0.408. The minimum absolute atomic E-state index is 0.0445. The smallest absolute Gasteiger partial charge is 0.250 e. The molecule has 1 fully saturated rings. The number of hydrazine groups is 1. The second-order valence-electron chi connectivity index (χ2n) is 4.06. The zero-order valence-corrected chi connectivity index (χ0v) is 10.8. The number of carbonyl (C=O) groups excluding carboxylic acids is 2. The SMILES string of the molecule is O=C(C=Cc1ccco1)NC(=S)NNC(=O)C1CC1. The monoisotopic (exact) mass is 279 g/mol. The first-order chi connectivity index (χ1) is 9.15. The molecule has 0 aliphatic heterocycles. The molecule has 19 heavy (non-hydrogen) atoms. The number of thiocarbonyl (C=S) groups is 1. The molecule has 2 rings (SSSR count). The van der Waals surface area contributed by atoms with Crippen LogP contribution in [0, 0.1) is 5.92 Å². The van der Waals surface area contributed by atoms with Crippen LogP contribution in [0.5, 0.6) is 0 Å². The van der Waals surface area contributed by atoms with Gasteiger partial charge in [0.1, 0.15) is 5.76 Å². The molecule has 7 heteroatoms. The average molecular weight is 279 g/mol. The Kier molecular flexibility index (Phi) is 4.30. The van der Waals surface area contributed by atoms with Gasteiger partial charge in [0.05, 0.1) is 6.26 Å². The van der Waals surface area contributed by atoms with Gasteiger partial charge in [-0.2, -0.15) is 0 Å². The lowest BCUT2D eigenvalue weighted by atomic mass is 10.4. The predicted molar refractivity (Wildman–Crippen MR) is 72.5 cm³/mol. The minimum Gasteiger partial charge on any atom is -0.465 e. The van der Waals surface area contributed by atoms with Crippen LogP contribution in [0.1, 0.15) is 18.6 Å². The van der Waals surface area contributed by atoms with Gasteiger partial charge < -0.3 is 4.42 Å². The Hall–Kier alpha value is -2.15. The third-order valence-corrected chi connectivity index (χ3v) is 2.63. The molecule has 1 aromatic heterocycles. The molecule has 1 saturated carbocycles. The first-order valence-electron chi connectivity index (χ1n) is 5.77. The van der Waals surface area contributed by atoms with Gasteiger partial charge in [-0.15, -0.1) is 0 Å². The number of nitrogens with one attached hydrogen (secondary N) is 3. The van der Waals surface area contributed by atoms with E-state index in [0.29, 0.717) is 5.76 Å². The highest BCUT2D eigenvalue weighted by Gasteiger charge is 2.29. The summed E-state index contributed by atoms with van der Waals surface area (Å²) in [5.41, 5.74) is 4.90. The van der Waals surface area contributed by atoms with Gasteiger partial charge in [-0.05, 0) is 43.3 Å². The first-order valence-corrected chi connectivity index (χ1v) is 6.18. The standard InChI is InChI=1S/C12H13N3O3S/c16-10(6-5-9-2-1-7-18-9)13-12(19)15-14-11(17)8-3-4-8/h1-2,5-8H,3-4H2,(H,14,17)(H2,13,15,16,19). The number of amides is 2. The highest BCUT2D eigenvalue weighted by atomic mass is 32.1. The van der Waals surface area contributed by atoms with Crippen LogP contribution >= 0.6 is 12.2 Å². The van der Waals surface area contributed by atoms with Crippen molar-refractivity contribution in [3.8, 4) is 0 Å². The van der Waals surface area contributed by atoms with Crippen molar-refractivity contribution in [3.05, 3.63) is 30.2 Å². The molecule has 3 N–H and O–H groups in total. The second-order valence-corrected chi connectivity index (χ2v) is 4.46. The van der Waals surface area contributed by atoms with Gasteiger partial charge in [0.25, 0.3) is 0 Å². The molecule has 0 radical (unpaired) electrons. The molecule has 1 heterocycles. The van der Waals surface area contributed by atoms with Crippen molar-refractivity contribution in [3.63, 3.8) is 0 Å². The van der Waals surface area contributed by atoms with Crippen LogP contribution in [0.4, 0.5) is 0 Å². The van der Waals surface area contributed by atoms with Crippen LogP contribution in [0.15, 0.2) is 28.9 Å². The number of carbonyl (C=O) groups is 2. The molecule has 1 aliphatic carbocycles. The molecule has 0 unspecified atom stereocenters. The molecule has 100 valence electrons. The molecule has 1 aliphatic rings. The van der Waals surface area contributed by atoms with Crippen molar-refractivity contribution in [1.29, 1.82) is 0 Å². The Labute approximate surface area is 115 Å². The molecule has 0 saturated heterocycles. The number of hydrogen-bond donors (Lipinski definition) is 3. The van der Waals surface area contributed by atoms with E-state index in [4.69, 9.17) is 16.6 Å². The number of rotatable bonds is 3. The van der Waals surface area contributed by atoms with Crippen molar-refractivity contribution in [2.24, 2.45) is 5.92 Å². The van der Waals surface area contributed by atoms with E-state index >= 15 is 0 Å². The molecule has 2 amide bonds. The topological polar surface area (TPSA) is 83.4 Å². The van der Waals surface area contributed by atoms with Crippen LogP contribution in [0.3, 0.4) is 0 Å². The zero-order valence-electron chi connectivity index (χ0n) is 10.0. The third kappa shape index (κ3) is 4.55. The summed E-state index contributed by atoms with van der Waals surface area (Å²) < 4.78 is 5.03. The lowest BCUT2D eigenvalue weighted by molar-refractivity contribution is -0.123. The Morgan fingerprint density at radius 2 is 2.16 bits per heavy atom. The van der Waals surface area contributed by atoms with Crippen LogP contribution in [-0.4, -0.2) is 16.9 Å². The maximum atomic E-state index is 11.5. The maximum absolute atomic E-state index is 11.5. The second kappa shape index (κ2) is 6.14. The van der Waals surface area contributed by atoms with E-state index in [9.17, 15) is 9.59 Å². The van der Waals surface area contributed by atoms with Gasteiger partial charge in [0.15, 0.2) is 5.11 Å². The molecule has 0 bridgehead atoms. The number of hydrogen-bond acceptors (Lipinski definition) is 4. The summed E-state index contributed by atoms with van der Waals surface area (Å²) >= 11 is 4.85. The van der Waals surface area contributed by atoms with E-state index < -0.39 is 5.91 Å². The molecular formula is C12H13N3O3S. The fourth-order valence-electron chi connectivity index (χ4n) is 1.29. The maximum Gasteiger partial charge on any atom is 0.250 e. The lowest BCUT2D eigenvalue weighted by Crippen LogP contribution is -2.48. The van der Waals surface area contributed by atoms with Gasteiger partial charge in [-0.3, -0.25) is 25.8 Å². The van der Waals surface area contributed by atoms with E-state index in [1.165, 1.54) is 18.4 Å². The molecule has 0 atom stereocenters. The summed E-state index contributed by atoms with van der Waals surface area (Å²) in [6, 6.07) is 3.44. The Morgan fingerprint density at radius 3 is 2.79 bits per heavy atom. The van der Waals surface area contributed by atoms with Gasteiger partial charge in [-0.25, -0.2) is 0 Å². The summed E-state index contributed by atoms with van der Waals surface area (Å²) in [4.78, 5) is 22.8. The molecule has 0 spiro atoms. The highest BCUT2D eigenvalue weighted by molar-refractivity contribution is 7.80. The summed E-state index contributed by atoms with van der Waals surface area (Å²) in [7, 11) is 0.